The summed E-state index contributed by atoms with van der Waals surface area (Å²) in [5, 5.41) is 1.95. The maximum atomic E-state index is 13.8. The van der Waals surface area contributed by atoms with Crippen LogP contribution in [0, 0.1) is 5.92 Å². The number of rotatable bonds is 3. The Hall–Kier alpha value is -3.41. The first-order valence-corrected chi connectivity index (χ1v) is 10.9. The van der Waals surface area contributed by atoms with Crippen LogP contribution in [-0.4, -0.2) is 47.6 Å². The van der Waals surface area contributed by atoms with Gasteiger partial charge in [-0.15, -0.1) is 0 Å². The Bertz CT molecular complexity index is 1120. The molecule has 3 aromatic rings. The molecule has 0 bridgehead atoms. The van der Waals surface area contributed by atoms with Crippen LogP contribution in [0.4, 0.5) is 10.5 Å². The summed E-state index contributed by atoms with van der Waals surface area (Å²) in [4.78, 5) is 34.1. The molecule has 0 aliphatic carbocycles. The van der Waals surface area contributed by atoms with Gasteiger partial charge in [0.15, 0.2) is 0 Å². The summed E-state index contributed by atoms with van der Waals surface area (Å²) in [6, 6.07) is 17.7. The quantitative estimate of drug-likeness (QED) is 0.595. The number of ether oxygens (including phenoxy) is 1. The fourth-order valence-electron chi connectivity index (χ4n) is 4.33. The zero-order valence-corrected chi connectivity index (χ0v) is 19.0. The molecular weight excluding hydrogens is 402 g/mol. The monoisotopic (exact) mass is 431 g/mol. The first kappa shape index (κ1) is 21.8. The molecule has 2 atom stereocenters. The lowest BCUT2D eigenvalue weighted by molar-refractivity contribution is -0.122. The molecule has 0 N–H and O–H groups in total. The minimum atomic E-state index is -0.588. The van der Waals surface area contributed by atoms with Gasteiger partial charge >= 0.3 is 6.09 Å². The molecule has 2 heterocycles. The van der Waals surface area contributed by atoms with E-state index in [1.807, 2.05) is 75.4 Å². The van der Waals surface area contributed by atoms with E-state index in [0.717, 1.165) is 22.0 Å². The van der Waals surface area contributed by atoms with Crippen molar-refractivity contribution in [2.24, 2.45) is 5.92 Å². The molecule has 1 aromatic heterocycles. The molecule has 166 valence electrons. The third-order valence-electron chi connectivity index (χ3n) is 5.87. The van der Waals surface area contributed by atoms with Gasteiger partial charge in [0.05, 0.1) is 11.6 Å². The van der Waals surface area contributed by atoms with Crippen LogP contribution in [0.15, 0.2) is 67.0 Å². The van der Waals surface area contributed by atoms with Crippen LogP contribution in [0.2, 0.25) is 0 Å². The van der Waals surface area contributed by atoms with Gasteiger partial charge < -0.3 is 14.5 Å². The molecule has 4 rings (SSSR count). The van der Waals surface area contributed by atoms with Gasteiger partial charge in [0, 0.05) is 49.2 Å². The number of likely N-dealkylation sites (tertiary alicyclic amines) is 1. The average molecular weight is 432 g/mol. The van der Waals surface area contributed by atoms with Crippen LogP contribution in [0.5, 0.6) is 0 Å². The van der Waals surface area contributed by atoms with Gasteiger partial charge in [-0.05, 0) is 38.5 Å². The molecule has 1 aliphatic rings. The maximum absolute atomic E-state index is 13.8. The number of anilines is 1. The zero-order chi connectivity index (χ0) is 22.9. The van der Waals surface area contributed by atoms with Crippen LogP contribution in [0.3, 0.4) is 0 Å². The number of amides is 2. The molecule has 0 radical (unpaired) electrons. The second kappa shape index (κ2) is 8.61. The molecule has 32 heavy (non-hydrogen) atoms. The van der Waals surface area contributed by atoms with Crippen LogP contribution in [-0.2, 0) is 9.53 Å². The van der Waals surface area contributed by atoms with Crippen LogP contribution < -0.4 is 4.90 Å². The van der Waals surface area contributed by atoms with Crippen molar-refractivity contribution < 1.29 is 14.3 Å². The molecule has 6 heteroatoms. The second-order valence-electron chi connectivity index (χ2n) is 9.28. The number of aromatic nitrogens is 1. The Morgan fingerprint density at radius 1 is 1.03 bits per heavy atom. The summed E-state index contributed by atoms with van der Waals surface area (Å²) in [7, 11) is 1.80. The second-order valence-corrected chi connectivity index (χ2v) is 9.28. The predicted octanol–water partition coefficient (Wildman–Crippen LogP) is 4.85. The number of carbonyl (C=O) groups is 2. The van der Waals surface area contributed by atoms with E-state index in [2.05, 4.69) is 4.98 Å². The summed E-state index contributed by atoms with van der Waals surface area (Å²) in [6.07, 6.45) is 3.15. The van der Waals surface area contributed by atoms with Crippen LogP contribution >= 0.6 is 0 Å². The van der Waals surface area contributed by atoms with E-state index in [9.17, 15) is 9.59 Å². The third-order valence-corrected chi connectivity index (χ3v) is 5.87. The van der Waals surface area contributed by atoms with Crippen LogP contribution in [0.25, 0.3) is 10.8 Å². The van der Waals surface area contributed by atoms with E-state index in [-0.39, 0.29) is 23.8 Å². The molecule has 1 aliphatic heterocycles. The Morgan fingerprint density at radius 2 is 1.78 bits per heavy atom. The summed E-state index contributed by atoms with van der Waals surface area (Å²) in [5.74, 6) is -0.489. The van der Waals surface area contributed by atoms with Gasteiger partial charge in [-0.3, -0.25) is 9.78 Å². The summed E-state index contributed by atoms with van der Waals surface area (Å²) in [6.45, 7) is 6.32. The van der Waals surface area contributed by atoms with Crippen molar-refractivity contribution >= 4 is 28.5 Å². The highest BCUT2D eigenvalue weighted by atomic mass is 16.6. The largest absolute Gasteiger partial charge is 0.444 e. The Labute approximate surface area is 188 Å². The number of hydrogen-bond donors (Lipinski definition) is 0. The number of carbonyl (C=O) groups excluding carboxylic acids is 2. The molecule has 1 fully saturated rings. The first-order chi connectivity index (χ1) is 15.2. The van der Waals surface area contributed by atoms with E-state index in [4.69, 9.17) is 4.74 Å². The molecule has 0 unspecified atom stereocenters. The molecule has 0 saturated carbocycles. The minimum Gasteiger partial charge on any atom is -0.444 e. The normalized spacial score (nSPS) is 18.6. The average Bonchev–Trinajstić information content (AvgIpc) is 3.23. The molecule has 0 spiro atoms. The number of pyridine rings is 1. The van der Waals surface area contributed by atoms with Crippen molar-refractivity contribution in [2.75, 3.05) is 25.0 Å². The lowest BCUT2D eigenvalue weighted by Gasteiger charge is -2.26. The van der Waals surface area contributed by atoms with E-state index >= 15 is 0 Å². The lowest BCUT2D eigenvalue weighted by Crippen LogP contribution is -2.38. The Morgan fingerprint density at radius 3 is 2.50 bits per heavy atom. The smallest absolute Gasteiger partial charge is 0.410 e. The van der Waals surface area contributed by atoms with Crippen molar-refractivity contribution in [1.29, 1.82) is 0 Å². The fraction of sp³-hybridized carbons (Fsp3) is 0.346. The standard InChI is InChI=1S/C26H29N3O3/c1-26(2,3)32-25(31)29-16-21(18-9-6-5-7-10-18)22(17-29)24(30)28(4)23-12-8-11-19-15-27-14-13-20(19)23/h5-15,21-22H,16-17H2,1-4H3/t21-,22+/m1/s1. The first-order valence-electron chi connectivity index (χ1n) is 10.9. The van der Waals surface area contributed by atoms with Crippen molar-refractivity contribution in [2.45, 2.75) is 32.3 Å². The lowest BCUT2D eigenvalue weighted by atomic mass is 9.88. The van der Waals surface area contributed by atoms with Gasteiger partial charge in [-0.2, -0.15) is 0 Å². The van der Waals surface area contributed by atoms with Crippen LogP contribution in [0.1, 0.15) is 32.3 Å². The molecule has 2 aromatic carbocycles. The molecule has 6 nitrogen and oxygen atoms in total. The van der Waals surface area contributed by atoms with Gasteiger partial charge in [0.2, 0.25) is 5.91 Å². The van der Waals surface area contributed by atoms with Crippen molar-refractivity contribution in [1.82, 2.24) is 9.88 Å². The van der Waals surface area contributed by atoms with Crippen molar-refractivity contribution in [3.8, 4) is 0 Å². The van der Waals surface area contributed by atoms with E-state index in [0.29, 0.717) is 13.1 Å². The Balaban J connectivity index is 1.65. The minimum absolute atomic E-state index is 0.0192. The zero-order valence-electron chi connectivity index (χ0n) is 19.0. The Kier molecular flexibility index (Phi) is 5.87. The molecular formula is C26H29N3O3. The predicted molar refractivity (Wildman–Crippen MR) is 126 cm³/mol. The van der Waals surface area contributed by atoms with E-state index in [1.165, 1.54) is 0 Å². The highest BCUT2D eigenvalue weighted by Crippen LogP contribution is 2.36. The number of fused-ring (bicyclic) bond motifs is 1. The van der Waals surface area contributed by atoms with E-state index in [1.54, 1.807) is 29.2 Å². The highest BCUT2D eigenvalue weighted by molar-refractivity contribution is 6.04. The summed E-state index contributed by atoms with van der Waals surface area (Å²) >= 11 is 0. The molecule has 2 amide bonds. The summed E-state index contributed by atoms with van der Waals surface area (Å²) in [5.41, 5.74) is 1.29. The SMILES string of the molecule is CN(C(=O)[C@H]1CN(C(=O)OC(C)(C)C)C[C@@H]1c1ccccc1)c1cccc2cnccc12. The number of nitrogens with zero attached hydrogens (tertiary/aromatic N) is 3. The summed E-state index contributed by atoms with van der Waals surface area (Å²) < 4.78 is 5.59. The number of benzene rings is 2. The highest BCUT2D eigenvalue weighted by Gasteiger charge is 2.43. The van der Waals surface area contributed by atoms with Gasteiger partial charge in [0.25, 0.3) is 0 Å². The van der Waals surface area contributed by atoms with Crippen molar-refractivity contribution in [3.05, 3.63) is 72.6 Å². The van der Waals surface area contributed by atoms with E-state index < -0.39 is 5.60 Å². The van der Waals surface area contributed by atoms with Gasteiger partial charge in [0.1, 0.15) is 5.60 Å². The fourth-order valence-corrected chi connectivity index (χ4v) is 4.33. The van der Waals surface area contributed by atoms with Gasteiger partial charge in [-0.1, -0.05) is 42.5 Å². The number of hydrogen-bond acceptors (Lipinski definition) is 4. The molecule has 1 saturated heterocycles. The topological polar surface area (TPSA) is 62.7 Å². The van der Waals surface area contributed by atoms with Crippen molar-refractivity contribution in [3.63, 3.8) is 0 Å². The maximum Gasteiger partial charge on any atom is 0.410 e. The third kappa shape index (κ3) is 4.44. The van der Waals surface area contributed by atoms with Gasteiger partial charge in [-0.25, -0.2) is 4.79 Å².